The summed E-state index contributed by atoms with van der Waals surface area (Å²) in [6, 6.07) is 1.10. The van der Waals surface area contributed by atoms with E-state index in [0.29, 0.717) is 30.5 Å². The molecular formula is C13H23N3O. The van der Waals surface area contributed by atoms with E-state index in [1.165, 1.54) is 32.4 Å². The molecule has 4 heteroatoms. The highest BCUT2D eigenvalue weighted by molar-refractivity contribution is 5.81. The molecule has 0 aliphatic carbocycles. The van der Waals surface area contributed by atoms with Crippen LogP contribution in [-0.2, 0) is 4.79 Å². The van der Waals surface area contributed by atoms with Crippen molar-refractivity contribution in [3.05, 3.63) is 0 Å². The second-order valence-corrected chi connectivity index (χ2v) is 5.97. The van der Waals surface area contributed by atoms with Crippen molar-refractivity contribution < 1.29 is 4.79 Å². The zero-order valence-corrected chi connectivity index (χ0v) is 10.9. The fraction of sp³-hybridized carbons (Fsp3) is 0.923. The van der Waals surface area contributed by atoms with Gasteiger partial charge in [0, 0.05) is 12.6 Å². The predicted molar refractivity (Wildman–Crippen MR) is 66.5 cm³/mol. The standard InChI is InChI=1S/C13H23N3O/c1-9(2)13-14-8-12(17)16(13)11-5-7-15-6-3-4-10(11)15/h9-11,13-14H,3-8H2,1-2H3. The van der Waals surface area contributed by atoms with Gasteiger partial charge in [-0.3, -0.25) is 15.0 Å². The normalized spacial score (nSPS) is 38.4. The fourth-order valence-corrected chi connectivity index (χ4v) is 3.87. The summed E-state index contributed by atoms with van der Waals surface area (Å²) in [7, 11) is 0. The van der Waals surface area contributed by atoms with Gasteiger partial charge >= 0.3 is 0 Å². The molecule has 1 amide bonds. The van der Waals surface area contributed by atoms with Gasteiger partial charge in [0.25, 0.3) is 0 Å². The number of hydrogen-bond donors (Lipinski definition) is 1. The van der Waals surface area contributed by atoms with Crippen LogP contribution in [0.3, 0.4) is 0 Å². The molecule has 0 aromatic rings. The zero-order valence-electron chi connectivity index (χ0n) is 10.9. The summed E-state index contributed by atoms with van der Waals surface area (Å²) in [5.74, 6) is 0.805. The molecule has 0 aromatic carbocycles. The van der Waals surface area contributed by atoms with Crippen LogP contribution in [0.1, 0.15) is 33.1 Å². The molecule has 3 aliphatic rings. The maximum absolute atomic E-state index is 12.1. The third-order valence-corrected chi connectivity index (χ3v) is 4.61. The lowest BCUT2D eigenvalue weighted by Gasteiger charge is -2.35. The summed E-state index contributed by atoms with van der Waals surface area (Å²) in [4.78, 5) is 16.9. The van der Waals surface area contributed by atoms with Crippen LogP contribution in [0.25, 0.3) is 0 Å². The van der Waals surface area contributed by atoms with E-state index in [1.807, 2.05) is 0 Å². The van der Waals surface area contributed by atoms with Crippen molar-refractivity contribution in [2.24, 2.45) is 5.92 Å². The van der Waals surface area contributed by atoms with Gasteiger partial charge < -0.3 is 4.90 Å². The van der Waals surface area contributed by atoms with Gasteiger partial charge in [0.2, 0.25) is 5.91 Å². The van der Waals surface area contributed by atoms with E-state index in [2.05, 4.69) is 29.0 Å². The topological polar surface area (TPSA) is 35.6 Å². The van der Waals surface area contributed by atoms with Gasteiger partial charge in [-0.25, -0.2) is 0 Å². The number of carbonyl (C=O) groups excluding carboxylic acids is 1. The first kappa shape index (κ1) is 11.5. The van der Waals surface area contributed by atoms with Crippen molar-refractivity contribution in [2.45, 2.75) is 51.4 Å². The van der Waals surface area contributed by atoms with Crippen molar-refractivity contribution in [3.63, 3.8) is 0 Å². The first-order chi connectivity index (χ1) is 8.18. The number of nitrogens with zero attached hydrogens (tertiary/aromatic N) is 2. The molecule has 3 atom stereocenters. The molecule has 3 rings (SSSR count). The van der Waals surface area contributed by atoms with E-state index in [4.69, 9.17) is 0 Å². The summed E-state index contributed by atoms with van der Waals surface area (Å²) in [5, 5.41) is 3.37. The molecule has 0 saturated carbocycles. The van der Waals surface area contributed by atoms with Gasteiger partial charge in [0.1, 0.15) is 0 Å². The number of rotatable bonds is 2. The van der Waals surface area contributed by atoms with E-state index in [-0.39, 0.29) is 6.17 Å². The highest BCUT2D eigenvalue weighted by atomic mass is 16.2. The molecule has 3 unspecified atom stereocenters. The second kappa shape index (κ2) is 4.25. The van der Waals surface area contributed by atoms with Crippen LogP contribution in [0.5, 0.6) is 0 Å². The molecule has 4 nitrogen and oxygen atoms in total. The fourth-order valence-electron chi connectivity index (χ4n) is 3.87. The van der Waals surface area contributed by atoms with Crippen LogP contribution in [0, 0.1) is 5.92 Å². The van der Waals surface area contributed by atoms with Crippen LogP contribution in [-0.4, -0.2) is 53.6 Å². The summed E-state index contributed by atoms with van der Waals surface area (Å²) in [5.41, 5.74) is 0. The van der Waals surface area contributed by atoms with Gasteiger partial charge in [-0.15, -0.1) is 0 Å². The summed E-state index contributed by atoms with van der Waals surface area (Å²) in [6.07, 6.45) is 4.01. The van der Waals surface area contributed by atoms with Crippen LogP contribution in [0.4, 0.5) is 0 Å². The van der Waals surface area contributed by atoms with Gasteiger partial charge in [0.15, 0.2) is 0 Å². The molecule has 0 aromatic heterocycles. The molecule has 1 N–H and O–H groups in total. The SMILES string of the molecule is CC(C)C1NCC(=O)N1C1CCN2CCCC12. The molecule has 3 aliphatic heterocycles. The second-order valence-electron chi connectivity index (χ2n) is 5.97. The highest BCUT2D eigenvalue weighted by Crippen LogP contribution is 2.33. The van der Waals surface area contributed by atoms with Gasteiger partial charge in [-0.05, 0) is 31.7 Å². The molecule has 0 radical (unpaired) electrons. The zero-order chi connectivity index (χ0) is 12.0. The minimum Gasteiger partial charge on any atom is -0.321 e. The van der Waals surface area contributed by atoms with Gasteiger partial charge in [-0.2, -0.15) is 0 Å². The number of carbonyl (C=O) groups is 1. The monoisotopic (exact) mass is 237 g/mol. The Kier molecular flexibility index (Phi) is 2.87. The molecule has 17 heavy (non-hydrogen) atoms. The average Bonchev–Trinajstić information content (AvgIpc) is 2.91. The molecule has 3 heterocycles. The number of fused-ring (bicyclic) bond motifs is 1. The molecule has 0 spiro atoms. The van der Waals surface area contributed by atoms with E-state index in [1.54, 1.807) is 0 Å². The van der Waals surface area contributed by atoms with Gasteiger partial charge in [-0.1, -0.05) is 13.8 Å². The van der Waals surface area contributed by atoms with Crippen LogP contribution < -0.4 is 5.32 Å². The van der Waals surface area contributed by atoms with E-state index >= 15 is 0 Å². The minimum absolute atomic E-state index is 0.257. The van der Waals surface area contributed by atoms with Crippen molar-refractivity contribution >= 4 is 5.91 Å². The molecule has 3 fully saturated rings. The number of hydrogen-bond acceptors (Lipinski definition) is 3. The quantitative estimate of drug-likeness (QED) is 0.765. The Morgan fingerprint density at radius 2 is 2.06 bits per heavy atom. The largest absolute Gasteiger partial charge is 0.321 e. The minimum atomic E-state index is 0.257. The van der Waals surface area contributed by atoms with Crippen molar-refractivity contribution in [1.29, 1.82) is 0 Å². The Bertz CT molecular complexity index is 318. The Labute approximate surface area is 103 Å². The Balaban J connectivity index is 1.80. The predicted octanol–water partition coefficient (Wildman–Crippen LogP) is 0.637. The number of nitrogens with one attached hydrogen (secondary N) is 1. The Hall–Kier alpha value is -0.610. The van der Waals surface area contributed by atoms with Crippen LogP contribution in [0.15, 0.2) is 0 Å². The van der Waals surface area contributed by atoms with Crippen LogP contribution >= 0.6 is 0 Å². The first-order valence-electron chi connectivity index (χ1n) is 6.97. The van der Waals surface area contributed by atoms with E-state index < -0.39 is 0 Å². The molecule has 96 valence electrons. The smallest absolute Gasteiger partial charge is 0.238 e. The summed E-state index contributed by atoms with van der Waals surface area (Å²) < 4.78 is 0. The Morgan fingerprint density at radius 1 is 1.24 bits per heavy atom. The third-order valence-electron chi connectivity index (χ3n) is 4.61. The highest BCUT2D eigenvalue weighted by Gasteiger charge is 2.46. The molecule has 3 saturated heterocycles. The average molecular weight is 237 g/mol. The number of amides is 1. The van der Waals surface area contributed by atoms with Crippen LogP contribution in [0.2, 0.25) is 0 Å². The van der Waals surface area contributed by atoms with Crippen molar-refractivity contribution in [1.82, 2.24) is 15.1 Å². The molecular weight excluding hydrogens is 214 g/mol. The van der Waals surface area contributed by atoms with Gasteiger partial charge in [0.05, 0.1) is 18.8 Å². The lowest BCUT2D eigenvalue weighted by Crippen LogP contribution is -2.51. The lowest BCUT2D eigenvalue weighted by molar-refractivity contribution is -0.131. The first-order valence-corrected chi connectivity index (χ1v) is 6.97. The maximum atomic E-state index is 12.1. The van der Waals surface area contributed by atoms with Crippen molar-refractivity contribution in [3.8, 4) is 0 Å². The maximum Gasteiger partial charge on any atom is 0.238 e. The summed E-state index contributed by atoms with van der Waals surface area (Å²) in [6.45, 7) is 7.36. The summed E-state index contributed by atoms with van der Waals surface area (Å²) >= 11 is 0. The molecule has 0 bridgehead atoms. The lowest BCUT2D eigenvalue weighted by atomic mass is 10.0. The Morgan fingerprint density at radius 3 is 2.82 bits per heavy atom. The van der Waals surface area contributed by atoms with E-state index in [9.17, 15) is 4.79 Å². The van der Waals surface area contributed by atoms with Crippen molar-refractivity contribution in [2.75, 3.05) is 19.6 Å². The van der Waals surface area contributed by atoms with E-state index in [0.717, 1.165) is 0 Å². The third kappa shape index (κ3) is 1.78.